The maximum Gasteiger partial charge on any atom is 0.191 e. The van der Waals surface area contributed by atoms with Crippen LogP contribution in [0.4, 0.5) is 5.69 Å². The smallest absolute Gasteiger partial charge is 0.191 e. The molecule has 162 valence electrons. The maximum atomic E-state index is 5.42. The van der Waals surface area contributed by atoms with Gasteiger partial charge in [-0.1, -0.05) is 29.8 Å². The molecule has 1 aliphatic rings. The number of methoxy groups -OCH3 is 2. The molecule has 2 aromatic carbocycles. The maximum absolute atomic E-state index is 5.42. The number of aliphatic imine (C=N–C) groups is 1. The Hall–Kier alpha value is -2.89. The molecule has 1 fully saturated rings. The van der Waals surface area contributed by atoms with Crippen molar-refractivity contribution in [3.63, 3.8) is 0 Å². The van der Waals surface area contributed by atoms with Crippen LogP contribution in [0.5, 0.6) is 11.5 Å². The largest absolute Gasteiger partial charge is 0.497 e. The fourth-order valence-corrected chi connectivity index (χ4v) is 3.63. The molecule has 0 bridgehead atoms. The minimum absolute atomic E-state index is 0.407. The number of anilines is 1. The molecule has 6 nitrogen and oxygen atoms in total. The molecule has 1 saturated heterocycles. The molecule has 0 aliphatic carbocycles. The Morgan fingerprint density at radius 3 is 2.23 bits per heavy atom. The fourth-order valence-electron chi connectivity index (χ4n) is 3.63. The van der Waals surface area contributed by atoms with Crippen LogP contribution in [0, 0.1) is 6.92 Å². The van der Waals surface area contributed by atoms with E-state index < -0.39 is 0 Å². The summed E-state index contributed by atoms with van der Waals surface area (Å²) in [7, 11) is 3.37. The first kappa shape index (κ1) is 21.8. The van der Waals surface area contributed by atoms with Gasteiger partial charge in [-0.2, -0.15) is 0 Å². The first-order valence-corrected chi connectivity index (χ1v) is 10.7. The number of piperidine rings is 1. The van der Waals surface area contributed by atoms with Gasteiger partial charge < -0.3 is 25.0 Å². The Morgan fingerprint density at radius 2 is 1.67 bits per heavy atom. The highest BCUT2D eigenvalue weighted by atomic mass is 16.5. The fraction of sp³-hybridized carbons (Fsp3) is 0.458. The van der Waals surface area contributed by atoms with Crippen LogP contribution in [0.15, 0.2) is 47.5 Å². The molecule has 0 radical (unpaired) electrons. The Balaban J connectivity index is 1.58. The van der Waals surface area contributed by atoms with E-state index in [1.54, 1.807) is 14.2 Å². The lowest BCUT2D eigenvalue weighted by molar-refractivity contribution is 0.393. The normalized spacial score (nSPS) is 15.1. The molecule has 0 unspecified atom stereocenters. The molecule has 30 heavy (non-hydrogen) atoms. The number of ether oxygens (including phenoxy) is 2. The molecule has 1 heterocycles. The molecular weight excluding hydrogens is 376 g/mol. The van der Waals surface area contributed by atoms with Crippen LogP contribution in [0.2, 0.25) is 0 Å². The van der Waals surface area contributed by atoms with Gasteiger partial charge in [0, 0.05) is 49.6 Å². The van der Waals surface area contributed by atoms with Crippen molar-refractivity contribution in [2.75, 3.05) is 38.8 Å². The third-order valence-corrected chi connectivity index (χ3v) is 5.42. The van der Waals surface area contributed by atoms with Crippen molar-refractivity contribution in [3.05, 3.63) is 53.6 Å². The monoisotopic (exact) mass is 410 g/mol. The van der Waals surface area contributed by atoms with E-state index in [0.29, 0.717) is 12.6 Å². The number of aryl methyl sites for hydroxylation is 1. The highest BCUT2D eigenvalue weighted by molar-refractivity contribution is 5.80. The number of hydrogen-bond acceptors (Lipinski definition) is 4. The van der Waals surface area contributed by atoms with E-state index in [4.69, 9.17) is 14.5 Å². The van der Waals surface area contributed by atoms with Crippen molar-refractivity contribution >= 4 is 11.6 Å². The zero-order valence-corrected chi connectivity index (χ0v) is 18.6. The standard InChI is InChI=1S/C24H34N4O2/c1-5-25-24(26-17-19-8-6-18(2)7-9-19)27-20-10-12-28(13-11-20)21-14-22(29-3)16-23(15-21)30-4/h6-9,14-16,20H,5,10-13,17H2,1-4H3,(H2,25,26,27). The molecule has 1 aliphatic heterocycles. The summed E-state index contributed by atoms with van der Waals surface area (Å²) in [5.74, 6) is 2.53. The predicted molar refractivity (Wildman–Crippen MR) is 124 cm³/mol. The third-order valence-electron chi connectivity index (χ3n) is 5.42. The molecule has 0 saturated carbocycles. The first-order valence-electron chi connectivity index (χ1n) is 10.7. The second kappa shape index (κ2) is 10.8. The van der Waals surface area contributed by atoms with E-state index in [1.807, 2.05) is 6.07 Å². The summed E-state index contributed by atoms with van der Waals surface area (Å²) in [5.41, 5.74) is 3.64. The summed E-state index contributed by atoms with van der Waals surface area (Å²) in [6, 6.07) is 15.0. The first-order chi connectivity index (χ1) is 14.6. The van der Waals surface area contributed by atoms with Gasteiger partial charge in [0.15, 0.2) is 5.96 Å². The summed E-state index contributed by atoms with van der Waals surface area (Å²) in [6.45, 7) is 7.69. The van der Waals surface area contributed by atoms with Crippen LogP contribution in [0.3, 0.4) is 0 Å². The van der Waals surface area contributed by atoms with Crippen molar-refractivity contribution in [1.29, 1.82) is 0 Å². The van der Waals surface area contributed by atoms with E-state index in [-0.39, 0.29) is 0 Å². The quantitative estimate of drug-likeness (QED) is 0.538. The van der Waals surface area contributed by atoms with Crippen molar-refractivity contribution in [1.82, 2.24) is 10.6 Å². The number of hydrogen-bond donors (Lipinski definition) is 2. The SMILES string of the molecule is CCNC(=NCc1ccc(C)cc1)NC1CCN(c2cc(OC)cc(OC)c2)CC1. The third kappa shape index (κ3) is 6.05. The lowest BCUT2D eigenvalue weighted by Gasteiger charge is -2.34. The van der Waals surface area contributed by atoms with Gasteiger partial charge in [-0.25, -0.2) is 4.99 Å². The second-order valence-electron chi connectivity index (χ2n) is 7.66. The molecule has 0 amide bonds. The van der Waals surface area contributed by atoms with E-state index in [2.05, 4.69) is 65.8 Å². The number of guanidine groups is 1. The summed E-state index contributed by atoms with van der Waals surface area (Å²) < 4.78 is 10.8. The Labute approximate surface area is 180 Å². The van der Waals surface area contributed by atoms with Gasteiger partial charge in [-0.05, 0) is 32.3 Å². The number of nitrogens with zero attached hydrogens (tertiary/aromatic N) is 2. The van der Waals surface area contributed by atoms with Gasteiger partial charge in [0.1, 0.15) is 11.5 Å². The summed E-state index contributed by atoms with van der Waals surface area (Å²) in [5, 5.41) is 7.00. The minimum atomic E-state index is 0.407. The van der Waals surface area contributed by atoms with Crippen LogP contribution < -0.4 is 25.0 Å². The van der Waals surface area contributed by atoms with Crippen LogP contribution in [0.25, 0.3) is 0 Å². The molecule has 2 aromatic rings. The average Bonchev–Trinajstić information content (AvgIpc) is 2.78. The molecule has 3 rings (SSSR count). The van der Waals surface area contributed by atoms with Crippen molar-refractivity contribution in [2.45, 2.75) is 39.3 Å². The highest BCUT2D eigenvalue weighted by Crippen LogP contribution is 2.30. The lowest BCUT2D eigenvalue weighted by Crippen LogP contribution is -2.48. The predicted octanol–water partition coefficient (Wildman–Crippen LogP) is 3.74. The molecule has 0 aromatic heterocycles. The summed E-state index contributed by atoms with van der Waals surface area (Å²) in [6.07, 6.45) is 2.10. The van der Waals surface area contributed by atoms with Crippen molar-refractivity contribution in [2.24, 2.45) is 4.99 Å². The molecule has 2 N–H and O–H groups in total. The Morgan fingerprint density at radius 1 is 1.03 bits per heavy atom. The summed E-state index contributed by atoms with van der Waals surface area (Å²) >= 11 is 0. The van der Waals surface area contributed by atoms with Crippen LogP contribution >= 0.6 is 0 Å². The number of benzene rings is 2. The minimum Gasteiger partial charge on any atom is -0.497 e. The zero-order valence-electron chi connectivity index (χ0n) is 18.6. The van der Waals surface area contributed by atoms with E-state index in [1.165, 1.54) is 11.1 Å². The number of nitrogens with one attached hydrogen (secondary N) is 2. The average molecular weight is 411 g/mol. The highest BCUT2D eigenvalue weighted by Gasteiger charge is 2.21. The van der Waals surface area contributed by atoms with Crippen LogP contribution in [-0.2, 0) is 6.54 Å². The van der Waals surface area contributed by atoms with E-state index in [9.17, 15) is 0 Å². The van der Waals surface area contributed by atoms with Gasteiger partial charge in [0.25, 0.3) is 0 Å². The van der Waals surface area contributed by atoms with Gasteiger partial charge >= 0.3 is 0 Å². The van der Waals surface area contributed by atoms with E-state index in [0.717, 1.165) is 55.6 Å². The Bertz CT molecular complexity index is 805. The Kier molecular flexibility index (Phi) is 7.82. The van der Waals surface area contributed by atoms with Gasteiger partial charge in [-0.15, -0.1) is 0 Å². The van der Waals surface area contributed by atoms with Gasteiger partial charge in [0.2, 0.25) is 0 Å². The van der Waals surface area contributed by atoms with Crippen molar-refractivity contribution in [3.8, 4) is 11.5 Å². The van der Waals surface area contributed by atoms with Crippen LogP contribution in [0.1, 0.15) is 30.9 Å². The second-order valence-corrected chi connectivity index (χ2v) is 7.66. The van der Waals surface area contributed by atoms with Crippen molar-refractivity contribution < 1.29 is 9.47 Å². The summed E-state index contributed by atoms with van der Waals surface area (Å²) in [4.78, 5) is 7.17. The number of rotatable bonds is 7. The molecule has 6 heteroatoms. The van der Waals surface area contributed by atoms with Crippen LogP contribution in [-0.4, -0.2) is 45.9 Å². The topological polar surface area (TPSA) is 58.1 Å². The molecule has 0 spiro atoms. The van der Waals surface area contributed by atoms with Gasteiger partial charge in [0.05, 0.1) is 20.8 Å². The van der Waals surface area contributed by atoms with E-state index >= 15 is 0 Å². The zero-order chi connectivity index (χ0) is 21.3. The molecule has 0 atom stereocenters. The molecular formula is C24H34N4O2. The lowest BCUT2D eigenvalue weighted by atomic mass is 10.0. The van der Waals surface area contributed by atoms with Gasteiger partial charge in [-0.3, -0.25) is 0 Å².